The first-order valence-electron chi connectivity index (χ1n) is 7.56. The smallest absolute Gasteiger partial charge is 0.285 e. The van der Waals surface area contributed by atoms with Gasteiger partial charge in [-0.25, -0.2) is 0 Å². The monoisotopic (exact) mass is 320 g/mol. The molecule has 2 bridgehead atoms. The third kappa shape index (κ3) is 3.40. The van der Waals surface area contributed by atoms with Crippen molar-refractivity contribution in [2.75, 3.05) is 13.1 Å². The second kappa shape index (κ2) is 6.99. The Kier molecular flexibility index (Phi) is 5.56. The van der Waals surface area contributed by atoms with Crippen LogP contribution < -0.4 is 0 Å². The number of fused-ring (bicyclic) bond motifs is 2. The lowest BCUT2D eigenvalue weighted by Crippen LogP contribution is -2.45. The van der Waals surface area contributed by atoms with Crippen LogP contribution in [-0.2, 0) is 9.59 Å². The summed E-state index contributed by atoms with van der Waals surface area (Å²) >= 11 is 12.5. The van der Waals surface area contributed by atoms with Gasteiger partial charge in [0, 0.05) is 13.1 Å². The van der Waals surface area contributed by atoms with Crippen LogP contribution >= 0.6 is 23.2 Å². The van der Waals surface area contributed by atoms with Crippen molar-refractivity contribution in [2.45, 2.75) is 62.4 Å². The largest absolute Gasteiger partial charge is 0.316 e. The summed E-state index contributed by atoms with van der Waals surface area (Å²) in [5, 5.41) is 0. The minimum Gasteiger partial charge on any atom is -0.285 e. The van der Waals surface area contributed by atoms with Crippen LogP contribution in [0.4, 0.5) is 0 Å². The van der Waals surface area contributed by atoms with E-state index in [9.17, 15) is 9.59 Å². The molecule has 0 atom stereocenters. The molecule has 6 heteroatoms. The van der Waals surface area contributed by atoms with Gasteiger partial charge in [-0.3, -0.25) is 19.4 Å². The lowest BCUT2D eigenvalue weighted by Gasteiger charge is -2.32. The van der Waals surface area contributed by atoms with Crippen LogP contribution in [0.5, 0.6) is 0 Å². The number of hydrogen-bond acceptors (Lipinski definition) is 2. The Bertz CT molecular complexity index is 342. The summed E-state index contributed by atoms with van der Waals surface area (Å²) in [7, 11) is 0. The van der Waals surface area contributed by atoms with Gasteiger partial charge in [-0.1, -0.05) is 68.1 Å². The molecule has 0 aromatic rings. The molecule has 0 aromatic carbocycles. The average molecular weight is 321 g/mol. The van der Waals surface area contributed by atoms with Crippen LogP contribution in [0.2, 0.25) is 0 Å². The Labute approximate surface area is 130 Å². The maximum atomic E-state index is 12.0. The SMILES string of the molecule is O=C1C(=O)N2CCCCCCCCCCCN1C2(Cl)Cl. The fourth-order valence-electron chi connectivity index (χ4n) is 2.87. The Balaban J connectivity index is 2.06. The Morgan fingerprint density at radius 2 is 0.950 bits per heavy atom. The summed E-state index contributed by atoms with van der Waals surface area (Å²) in [5.41, 5.74) is 0. The normalized spacial score (nSPS) is 25.7. The highest BCUT2D eigenvalue weighted by Crippen LogP contribution is 2.37. The highest BCUT2D eigenvalue weighted by Gasteiger charge is 2.54. The molecule has 2 saturated heterocycles. The van der Waals surface area contributed by atoms with E-state index in [2.05, 4.69) is 0 Å². The molecule has 2 aliphatic rings. The zero-order valence-corrected chi connectivity index (χ0v) is 13.3. The van der Waals surface area contributed by atoms with E-state index in [0.29, 0.717) is 13.1 Å². The fraction of sp³-hybridized carbons (Fsp3) is 0.857. The molecule has 2 aliphatic heterocycles. The van der Waals surface area contributed by atoms with E-state index in [4.69, 9.17) is 23.2 Å². The van der Waals surface area contributed by atoms with Gasteiger partial charge in [-0.2, -0.15) is 0 Å². The molecule has 0 aliphatic carbocycles. The van der Waals surface area contributed by atoms with Crippen LogP contribution in [0.25, 0.3) is 0 Å². The van der Waals surface area contributed by atoms with Crippen LogP contribution in [0.15, 0.2) is 0 Å². The van der Waals surface area contributed by atoms with Crippen molar-refractivity contribution < 1.29 is 9.59 Å². The van der Waals surface area contributed by atoms with Crippen molar-refractivity contribution in [1.82, 2.24) is 9.80 Å². The third-order valence-corrected chi connectivity index (χ3v) is 4.90. The average Bonchev–Trinajstić information content (AvgIpc) is 2.56. The summed E-state index contributed by atoms with van der Waals surface area (Å²) in [5.74, 6) is -1.13. The molecule has 0 aromatic heterocycles. The quantitative estimate of drug-likeness (QED) is 0.390. The van der Waals surface area contributed by atoms with Gasteiger partial charge in [-0.05, 0) is 12.8 Å². The second-order valence-electron chi connectivity index (χ2n) is 5.61. The van der Waals surface area contributed by atoms with Gasteiger partial charge in [-0.15, -0.1) is 0 Å². The zero-order valence-electron chi connectivity index (χ0n) is 11.7. The molecule has 0 saturated carbocycles. The van der Waals surface area contributed by atoms with Gasteiger partial charge in [0.1, 0.15) is 0 Å². The molecule has 0 N–H and O–H groups in total. The first-order chi connectivity index (χ1) is 9.55. The highest BCUT2D eigenvalue weighted by atomic mass is 35.5. The third-order valence-electron chi connectivity index (χ3n) is 4.09. The number of amides is 2. The van der Waals surface area contributed by atoms with Crippen LogP contribution in [0.1, 0.15) is 57.8 Å². The topological polar surface area (TPSA) is 40.6 Å². The maximum absolute atomic E-state index is 12.0. The number of carbonyl (C=O) groups excluding carboxylic acids is 2. The van der Waals surface area contributed by atoms with E-state index < -0.39 is 16.4 Å². The molecule has 2 fully saturated rings. The van der Waals surface area contributed by atoms with Crippen molar-refractivity contribution in [2.24, 2.45) is 0 Å². The predicted octanol–water partition coefficient (Wildman–Crippen LogP) is 3.27. The Morgan fingerprint density at radius 1 is 0.650 bits per heavy atom. The Hall–Kier alpha value is -0.480. The minimum atomic E-state index is -1.50. The van der Waals surface area contributed by atoms with Gasteiger partial charge in [0.2, 0.25) is 0 Å². The summed E-state index contributed by atoms with van der Waals surface area (Å²) < 4.78 is -1.50. The predicted molar refractivity (Wildman–Crippen MR) is 79.4 cm³/mol. The summed E-state index contributed by atoms with van der Waals surface area (Å²) in [6.45, 7) is 0.905. The summed E-state index contributed by atoms with van der Waals surface area (Å²) in [6.07, 6.45) is 9.86. The van der Waals surface area contributed by atoms with Crippen molar-refractivity contribution >= 4 is 35.0 Å². The van der Waals surface area contributed by atoms with Gasteiger partial charge in [0.25, 0.3) is 4.58 Å². The van der Waals surface area contributed by atoms with Gasteiger partial charge < -0.3 is 0 Å². The number of hydrogen-bond donors (Lipinski definition) is 0. The summed E-state index contributed by atoms with van der Waals surface area (Å²) in [4.78, 5) is 26.6. The number of halogens is 2. The van der Waals surface area contributed by atoms with Crippen molar-refractivity contribution in [3.05, 3.63) is 0 Å². The van der Waals surface area contributed by atoms with Gasteiger partial charge >= 0.3 is 11.8 Å². The van der Waals surface area contributed by atoms with Gasteiger partial charge in [0.15, 0.2) is 0 Å². The summed E-state index contributed by atoms with van der Waals surface area (Å²) in [6, 6.07) is 0. The fourth-order valence-corrected chi connectivity index (χ4v) is 3.52. The van der Waals surface area contributed by atoms with Crippen molar-refractivity contribution in [1.29, 1.82) is 0 Å². The molecule has 4 nitrogen and oxygen atoms in total. The highest BCUT2D eigenvalue weighted by molar-refractivity contribution is 6.54. The van der Waals surface area contributed by atoms with Crippen molar-refractivity contribution in [3.63, 3.8) is 0 Å². The lowest BCUT2D eigenvalue weighted by molar-refractivity contribution is -0.143. The molecule has 0 radical (unpaired) electrons. The van der Waals surface area contributed by atoms with E-state index in [1.54, 1.807) is 0 Å². The lowest BCUT2D eigenvalue weighted by atomic mass is 10.1. The number of alkyl halides is 2. The molecule has 2 amide bonds. The first kappa shape index (κ1) is 15.9. The molecule has 2 heterocycles. The molecule has 20 heavy (non-hydrogen) atoms. The number of carbonyl (C=O) groups is 2. The standard InChI is InChI=1S/C14H22Cl2N2O2/c15-14(16)17-10-8-6-4-2-1-3-5-7-9-11-18(14)13(20)12(17)19/h1-11H2. The molecular weight excluding hydrogens is 299 g/mol. The van der Waals surface area contributed by atoms with E-state index in [-0.39, 0.29) is 0 Å². The zero-order chi connectivity index (χ0) is 14.6. The van der Waals surface area contributed by atoms with E-state index in [0.717, 1.165) is 38.5 Å². The maximum Gasteiger partial charge on any atom is 0.316 e. The first-order valence-corrected chi connectivity index (χ1v) is 8.32. The number of nitrogens with zero attached hydrogens (tertiary/aromatic N) is 2. The van der Waals surface area contributed by atoms with E-state index in [1.165, 1.54) is 29.1 Å². The van der Waals surface area contributed by atoms with Crippen LogP contribution in [-0.4, -0.2) is 39.3 Å². The van der Waals surface area contributed by atoms with E-state index in [1.807, 2.05) is 0 Å². The van der Waals surface area contributed by atoms with Crippen LogP contribution in [0.3, 0.4) is 0 Å². The molecule has 0 spiro atoms. The van der Waals surface area contributed by atoms with Crippen LogP contribution in [0, 0.1) is 0 Å². The number of rotatable bonds is 0. The van der Waals surface area contributed by atoms with E-state index >= 15 is 0 Å². The molecule has 114 valence electrons. The molecule has 0 unspecified atom stereocenters. The minimum absolute atomic E-state index is 0.452. The Morgan fingerprint density at radius 3 is 1.30 bits per heavy atom. The second-order valence-corrected chi connectivity index (χ2v) is 6.85. The van der Waals surface area contributed by atoms with Crippen molar-refractivity contribution in [3.8, 4) is 0 Å². The molecule has 2 rings (SSSR count). The molecular formula is C14H22Cl2N2O2. The van der Waals surface area contributed by atoms with Gasteiger partial charge in [0.05, 0.1) is 0 Å².